The van der Waals surface area contributed by atoms with Gasteiger partial charge in [0.25, 0.3) is 0 Å². The maximum Gasteiger partial charge on any atom is 0.407 e. The van der Waals surface area contributed by atoms with E-state index in [1.165, 1.54) is 93.8 Å². The largest absolute Gasteiger partial charge is 0.407 e. The van der Waals surface area contributed by atoms with E-state index in [9.17, 15) is 0 Å². The third-order valence-corrected chi connectivity index (χ3v) is 10.9. The van der Waals surface area contributed by atoms with Crippen molar-refractivity contribution in [3.05, 3.63) is 60.7 Å². The topological polar surface area (TPSA) is 18.5 Å². The molecule has 0 aliphatic carbocycles. The van der Waals surface area contributed by atoms with Gasteiger partial charge in [0.2, 0.25) is 0 Å². The molecule has 0 saturated heterocycles. The third kappa shape index (κ3) is 11.3. The monoisotopic (exact) mass is 510 g/mol. The van der Waals surface area contributed by atoms with Gasteiger partial charge in [0, 0.05) is 12.7 Å². The van der Waals surface area contributed by atoms with Crippen molar-refractivity contribution in [3.8, 4) is 0 Å². The summed E-state index contributed by atoms with van der Waals surface area (Å²) >= 11 is 0. The highest BCUT2D eigenvalue weighted by Gasteiger charge is 2.44. The standard InChI is InChI=1S/C33H54O2Si/c1-5-6-7-8-9-10-11-12-13-14-15-16-17-24-29-34-36(35-31(4)30(2)3,32-25-20-18-21-26-32)33-27-22-19-23-28-33/h18-23,25-28,30-31H,5-17,24,29H2,1-4H3. The van der Waals surface area contributed by atoms with E-state index in [0.29, 0.717) is 5.92 Å². The molecule has 0 N–H and O–H groups in total. The molecule has 2 rings (SSSR count). The molecule has 0 amide bonds. The second-order valence-corrected chi connectivity index (χ2v) is 13.8. The molecule has 0 fully saturated rings. The molecule has 0 spiro atoms. The number of rotatable bonds is 21. The molecule has 202 valence electrons. The summed E-state index contributed by atoms with van der Waals surface area (Å²) in [5.74, 6) is 0.439. The highest BCUT2D eigenvalue weighted by molar-refractivity contribution is 6.92. The number of hydrogen-bond donors (Lipinski definition) is 0. The van der Waals surface area contributed by atoms with Gasteiger partial charge in [-0.2, -0.15) is 0 Å². The quantitative estimate of drug-likeness (QED) is 0.123. The van der Waals surface area contributed by atoms with Crippen LogP contribution >= 0.6 is 0 Å². The minimum Gasteiger partial charge on any atom is -0.388 e. The van der Waals surface area contributed by atoms with E-state index in [0.717, 1.165) is 13.0 Å². The van der Waals surface area contributed by atoms with Gasteiger partial charge in [-0.1, -0.05) is 165 Å². The molecule has 0 radical (unpaired) electrons. The minimum atomic E-state index is -2.78. The van der Waals surface area contributed by atoms with E-state index in [2.05, 4.69) is 88.4 Å². The lowest BCUT2D eigenvalue weighted by Gasteiger charge is -2.35. The van der Waals surface area contributed by atoms with E-state index in [1.54, 1.807) is 0 Å². The van der Waals surface area contributed by atoms with Crippen LogP contribution in [0, 0.1) is 5.92 Å². The maximum atomic E-state index is 6.91. The third-order valence-electron chi connectivity index (χ3n) is 7.40. The summed E-state index contributed by atoms with van der Waals surface area (Å²) < 4.78 is 13.8. The molecule has 0 saturated carbocycles. The number of hydrogen-bond acceptors (Lipinski definition) is 2. The van der Waals surface area contributed by atoms with Gasteiger partial charge >= 0.3 is 8.56 Å². The molecule has 3 heteroatoms. The Labute approximate surface area is 224 Å². The van der Waals surface area contributed by atoms with Crippen molar-refractivity contribution in [3.63, 3.8) is 0 Å². The molecule has 1 atom stereocenters. The van der Waals surface area contributed by atoms with E-state index >= 15 is 0 Å². The van der Waals surface area contributed by atoms with Crippen molar-refractivity contribution in [2.75, 3.05) is 6.61 Å². The van der Waals surface area contributed by atoms with Gasteiger partial charge in [-0.15, -0.1) is 0 Å². The van der Waals surface area contributed by atoms with Gasteiger partial charge in [-0.25, -0.2) is 0 Å². The van der Waals surface area contributed by atoms with Crippen LogP contribution in [-0.2, 0) is 8.85 Å². The Morgan fingerprint density at radius 1 is 0.556 bits per heavy atom. The molecule has 0 aromatic heterocycles. The van der Waals surface area contributed by atoms with Crippen molar-refractivity contribution in [1.29, 1.82) is 0 Å². The molecule has 0 aliphatic heterocycles. The first kappa shape index (κ1) is 30.8. The van der Waals surface area contributed by atoms with Crippen LogP contribution in [0.3, 0.4) is 0 Å². The average molecular weight is 511 g/mol. The van der Waals surface area contributed by atoms with E-state index < -0.39 is 8.56 Å². The van der Waals surface area contributed by atoms with Crippen LogP contribution in [0.2, 0.25) is 0 Å². The number of unbranched alkanes of at least 4 members (excludes halogenated alkanes) is 13. The Balaban J connectivity index is 1.78. The Kier molecular flexibility index (Phi) is 16.1. The van der Waals surface area contributed by atoms with Crippen molar-refractivity contribution in [2.24, 2.45) is 5.92 Å². The van der Waals surface area contributed by atoms with Gasteiger partial charge in [0.1, 0.15) is 0 Å². The minimum absolute atomic E-state index is 0.133. The predicted molar refractivity (Wildman–Crippen MR) is 160 cm³/mol. The Hall–Kier alpha value is -1.42. The van der Waals surface area contributed by atoms with Crippen LogP contribution in [0.25, 0.3) is 0 Å². The van der Waals surface area contributed by atoms with Gasteiger partial charge in [0.15, 0.2) is 0 Å². The molecule has 36 heavy (non-hydrogen) atoms. The summed E-state index contributed by atoms with van der Waals surface area (Å²) in [6, 6.07) is 21.4. The summed E-state index contributed by atoms with van der Waals surface area (Å²) in [4.78, 5) is 0. The first-order valence-corrected chi connectivity index (χ1v) is 16.8. The summed E-state index contributed by atoms with van der Waals surface area (Å²) in [6.07, 6.45) is 19.3. The average Bonchev–Trinajstić information content (AvgIpc) is 2.91. The van der Waals surface area contributed by atoms with Crippen LogP contribution in [-0.4, -0.2) is 21.3 Å². The Morgan fingerprint density at radius 3 is 1.33 bits per heavy atom. The molecule has 2 nitrogen and oxygen atoms in total. The molecular formula is C33H54O2Si. The summed E-state index contributed by atoms with van der Waals surface area (Å²) in [6.45, 7) is 9.70. The lowest BCUT2D eigenvalue weighted by atomic mass is 10.0. The molecule has 1 unspecified atom stereocenters. The molecule has 2 aromatic rings. The van der Waals surface area contributed by atoms with Gasteiger partial charge in [-0.3, -0.25) is 0 Å². The highest BCUT2D eigenvalue weighted by Crippen LogP contribution is 2.18. The highest BCUT2D eigenvalue weighted by atomic mass is 28.4. The Morgan fingerprint density at radius 2 is 0.944 bits per heavy atom. The summed E-state index contributed by atoms with van der Waals surface area (Å²) in [7, 11) is -2.78. The van der Waals surface area contributed by atoms with E-state index in [4.69, 9.17) is 8.85 Å². The molecule has 2 aromatic carbocycles. The smallest absolute Gasteiger partial charge is 0.388 e. The van der Waals surface area contributed by atoms with Crippen molar-refractivity contribution >= 4 is 18.9 Å². The van der Waals surface area contributed by atoms with Crippen LogP contribution in [0.4, 0.5) is 0 Å². The molecule has 0 heterocycles. The second-order valence-electron chi connectivity index (χ2n) is 10.9. The number of benzene rings is 2. The van der Waals surface area contributed by atoms with Gasteiger partial charge in [0.05, 0.1) is 0 Å². The second kappa shape index (κ2) is 18.8. The molecular weight excluding hydrogens is 456 g/mol. The molecule has 0 bridgehead atoms. The normalized spacial score (nSPS) is 12.8. The summed E-state index contributed by atoms with van der Waals surface area (Å²) in [5, 5.41) is 2.41. The summed E-state index contributed by atoms with van der Waals surface area (Å²) in [5.41, 5.74) is 0. The van der Waals surface area contributed by atoms with E-state index in [-0.39, 0.29) is 6.10 Å². The lowest BCUT2D eigenvalue weighted by Crippen LogP contribution is -2.65. The lowest BCUT2D eigenvalue weighted by molar-refractivity contribution is 0.109. The van der Waals surface area contributed by atoms with Crippen LogP contribution < -0.4 is 10.4 Å². The van der Waals surface area contributed by atoms with Crippen molar-refractivity contribution in [1.82, 2.24) is 0 Å². The zero-order valence-electron chi connectivity index (χ0n) is 23.9. The SMILES string of the molecule is CCCCCCCCCCCCCCCCO[Si](OC(C)C(C)C)(c1ccccc1)c1ccccc1. The fourth-order valence-electron chi connectivity index (χ4n) is 4.73. The van der Waals surface area contributed by atoms with Gasteiger partial charge < -0.3 is 8.85 Å². The zero-order chi connectivity index (χ0) is 25.9. The fraction of sp³-hybridized carbons (Fsp3) is 0.636. The first-order chi connectivity index (χ1) is 17.6. The first-order valence-electron chi connectivity index (χ1n) is 15.0. The van der Waals surface area contributed by atoms with Crippen molar-refractivity contribution < 1.29 is 8.85 Å². The van der Waals surface area contributed by atoms with E-state index in [1.807, 2.05) is 0 Å². The van der Waals surface area contributed by atoms with Crippen LogP contribution in [0.5, 0.6) is 0 Å². The van der Waals surface area contributed by atoms with Crippen LogP contribution in [0.15, 0.2) is 60.7 Å². The zero-order valence-corrected chi connectivity index (χ0v) is 24.9. The van der Waals surface area contributed by atoms with Crippen molar-refractivity contribution in [2.45, 2.75) is 124 Å². The fourth-order valence-corrected chi connectivity index (χ4v) is 8.23. The molecule has 0 aliphatic rings. The Bertz CT molecular complexity index is 722. The predicted octanol–water partition coefficient (Wildman–Crippen LogP) is 8.80. The van der Waals surface area contributed by atoms with Crippen LogP contribution in [0.1, 0.15) is 118 Å². The van der Waals surface area contributed by atoms with Gasteiger partial charge in [-0.05, 0) is 29.6 Å². The maximum absolute atomic E-state index is 6.91.